The Morgan fingerprint density at radius 1 is 1.44 bits per heavy atom. The molecule has 0 bridgehead atoms. The van der Waals surface area contributed by atoms with E-state index in [1.807, 2.05) is 26.2 Å². The van der Waals surface area contributed by atoms with Gasteiger partial charge in [-0.15, -0.1) is 11.3 Å². The molecule has 1 rings (SSSR count). The quantitative estimate of drug-likeness (QED) is 0.850. The van der Waals surface area contributed by atoms with Gasteiger partial charge in [-0.3, -0.25) is 4.79 Å². The molecular formula is C12H19NO3S2. The van der Waals surface area contributed by atoms with Gasteiger partial charge >= 0.3 is 0 Å². The number of rotatable bonds is 4. The smallest absolute Gasteiger partial charge is 0.157 e. The van der Waals surface area contributed by atoms with Crippen LogP contribution >= 0.6 is 11.3 Å². The maximum absolute atomic E-state index is 11.8. The summed E-state index contributed by atoms with van der Waals surface area (Å²) in [5.41, 5.74) is 0.877. The molecule has 1 aromatic heterocycles. The van der Waals surface area contributed by atoms with Crippen molar-refractivity contribution in [3.8, 4) is 0 Å². The van der Waals surface area contributed by atoms with Crippen molar-refractivity contribution in [3.05, 3.63) is 16.1 Å². The molecule has 0 aliphatic carbocycles. The maximum Gasteiger partial charge on any atom is 0.157 e. The van der Waals surface area contributed by atoms with E-state index in [1.165, 1.54) is 18.3 Å². The molecule has 6 heteroatoms. The van der Waals surface area contributed by atoms with Crippen LogP contribution in [0, 0.1) is 0 Å². The van der Waals surface area contributed by atoms with Gasteiger partial charge in [-0.05, 0) is 6.92 Å². The van der Waals surface area contributed by atoms with Crippen molar-refractivity contribution in [1.29, 1.82) is 0 Å². The Morgan fingerprint density at radius 2 is 2.00 bits per heavy atom. The molecule has 0 aliphatic rings. The van der Waals surface area contributed by atoms with Crippen molar-refractivity contribution in [2.75, 3.05) is 6.26 Å². The molecular weight excluding hydrogens is 270 g/mol. The summed E-state index contributed by atoms with van der Waals surface area (Å²) in [6, 6.07) is 0. The lowest BCUT2D eigenvalue weighted by atomic mass is 9.93. The van der Waals surface area contributed by atoms with Gasteiger partial charge in [0.05, 0.1) is 12.1 Å². The highest BCUT2D eigenvalue weighted by molar-refractivity contribution is 7.92. The highest BCUT2D eigenvalue weighted by Crippen LogP contribution is 2.24. The van der Waals surface area contributed by atoms with Gasteiger partial charge in [0.1, 0.15) is 10.3 Å². The number of aromatic nitrogens is 1. The summed E-state index contributed by atoms with van der Waals surface area (Å²) in [5, 5.41) is 1.65. The van der Waals surface area contributed by atoms with Gasteiger partial charge in [0.2, 0.25) is 0 Å². The molecule has 0 fully saturated rings. The van der Waals surface area contributed by atoms with E-state index < -0.39 is 15.1 Å². The van der Waals surface area contributed by atoms with Gasteiger partial charge < -0.3 is 0 Å². The lowest BCUT2D eigenvalue weighted by molar-refractivity contribution is -0.117. The van der Waals surface area contributed by atoms with Gasteiger partial charge in [-0.2, -0.15) is 0 Å². The fourth-order valence-electron chi connectivity index (χ4n) is 1.27. The summed E-state index contributed by atoms with van der Waals surface area (Å²) in [5.74, 6) is -0.299. The average Bonchev–Trinajstić information content (AvgIpc) is 2.62. The number of hydrogen-bond acceptors (Lipinski definition) is 5. The molecule has 18 heavy (non-hydrogen) atoms. The largest absolute Gasteiger partial charge is 0.298 e. The van der Waals surface area contributed by atoms with E-state index in [0.717, 1.165) is 11.9 Å². The number of thiazole rings is 1. The topological polar surface area (TPSA) is 64.1 Å². The maximum atomic E-state index is 11.8. The van der Waals surface area contributed by atoms with Crippen molar-refractivity contribution in [3.63, 3.8) is 0 Å². The van der Waals surface area contributed by atoms with Crippen molar-refractivity contribution in [2.45, 2.75) is 44.8 Å². The Hall–Kier alpha value is -0.750. The van der Waals surface area contributed by atoms with E-state index >= 15 is 0 Å². The molecule has 4 nitrogen and oxygen atoms in total. The van der Waals surface area contributed by atoms with Crippen molar-refractivity contribution in [2.24, 2.45) is 0 Å². The standard InChI is InChI=1S/C12H19NO3S2/c1-8(18(5,15)16)9(14)6-11-13-10(7-17-11)12(2,3)4/h7-8H,6H2,1-5H3. The molecule has 0 radical (unpaired) electrons. The number of ketones is 1. The molecule has 102 valence electrons. The number of sulfone groups is 1. The van der Waals surface area contributed by atoms with E-state index in [1.54, 1.807) is 0 Å². The van der Waals surface area contributed by atoms with Gasteiger partial charge in [-0.1, -0.05) is 20.8 Å². The first kappa shape index (κ1) is 15.3. The van der Waals surface area contributed by atoms with Gasteiger partial charge in [0.25, 0.3) is 0 Å². The van der Waals surface area contributed by atoms with Crippen molar-refractivity contribution >= 4 is 27.0 Å². The zero-order chi connectivity index (χ0) is 14.1. The number of carbonyl (C=O) groups is 1. The molecule has 0 saturated heterocycles. The second-order valence-corrected chi connectivity index (χ2v) is 8.80. The van der Waals surface area contributed by atoms with Crippen LogP contribution in [0.2, 0.25) is 0 Å². The Balaban J connectivity index is 2.81. The van der Waals surface area contributed by atoms with E-state index in [2.05, 4.69) is 4.98 Å². The van der Waals surface area contributed by atoms with Crippen LogP contribution in [-0.2, 0) is 26.5 Å². The van der Waals surface area contributed by atoms with E-state index in [0.29, 0.717) is 5.01 Å². The minimum Gasteiger partial charge on any atom is -0.298 e. The third kappa shape index (κ3) is 3.88. The SMILES string of the molecule is CC(C(=O)Cc1nc(C(C)(C)C)cs1)S(C)(=O)=O. The Labute approximate surface area is 112 Å². The van der Waals surface area contributed by atoms with Crippen LogP contribution in [0.5, 0.6) is 0 Å². The highest BCUT2D eigenvalue weighted by Gasteiger charge is 2.25. The van der Waals surface area contributed by atoms with Crippen LogP contribution in [-0.4, -0.2) is 30.7 Å². The summed E-state index contributed by atoms with van der Waals surface area (Å²) in [7, 11) is -3.32. The second kappa shape index (κ2) is 5.09. The highest BCUT2D eigenvalue weighted by atomic mass is 32.2. The van der Waals surface area contributed by atoms with Crippen LogP contribution in [0.25, 0.3) is 0 Å². The lowest BCUT2D eigenvalue weighted by Gasteiger charge is -2.14. The van der Waals surface area contributed by atoms with Crippen molar-refractivity contribution < 1.29 is 13.2 Å². The van der Waals surface area contributed by atoms with Crippen LogP contribution in [0.15, 0.2) is 5.38 Å². The first-order valence-electron chi connectivity index (χ1n) is 5.68. The van der Waals surface area contributed by atoms with Crippen LogP contribution < -0.4 is 0 Å². The monoisotopic (exact) mass is 289 g/mol. The first-order chi connectivity index (χ1) is 8.01. The van der Waals surface area contributed by atoms with Crippen LogP contribution in [0.3, 0.4) is 0 Å². The van der Waals surface area contributed by atoms with Gasteiger partial charge in [-0.25, -0.2) is 13.4 Å². The molecule has 1 heterocycles. The third-order valence-electron chi connectivity index (χ3n) is 2.74. The summed E-state index contributed by atoms with van der Waals surface area (Å²) in [6.07, 6.45) is 1.17. The predicted octanol–water partition coefficient (Wildman–Crippen LogP) is 1.99. The first-order valence-corrected chi connectivity index (χ1v) is 8.51. The summed E-state index contributed by atoms with van der Waals surface area (Å²) < 4.78 is 22.6. The fourth-order valence-corrected chi connectivity index (χ4v) is 2.86. The average molecular weight is 289 g/mol. The summed E-state index contributed by atoms with van der Waals surface area (Å²) >= 11 is 1.41. The third-order valence-corrected chi connectivity index (χ3v) is 5.14. The summed E-state index contributed by atoms with van der Waals surface area (Å²) in [6.45, 7) is 7.57. The minimum absolute atomic E-state index is 0.0553. The lowest BCUT2D eigenvalue weighted by Crippen LogP contribution is -2.27. The normalized spacial score (nSPS) is 14.5. The molecule has 0 aliphatic heterocycles. The van der Waals surface area contributed by atoms with E-state index in [-0.39, 0.29) is 17.6 Å². The predicted molar refractivity (Wildman–Crippen MR) is 73.8 cm³/mol. The number of nitrogens with zero attached hydrogens (tertiary/aromatic N) is 1. The molecule has 1 unspecified atom stereocenters. The molecule has 0 N–H and O–H groups in total. The van der Waals surface area contributed by atoms with Crippen LogP contribution in [0.1, 0.15) is 38.4 Å². The molecule has 0 amide bonds. The number of carbonyl (C=O) groups excluding carboxylic acids is 1. The van der Waals surface area contributed by atoms with Gasteiger partial charge in [0.15, 0.2) is 15.6 Å². The number of Topliss-reactive ketones (excluding diaryl/α,β-unsaturated/α-hetero) is 1. The molecule has 1 atom stereocenters. The molecule has 0 spiro atoms. The molecule has 0 saturated carbocycles. The Kier molecular flexibility index (Phi) is 4.33. The van der Waals surface area contributed by atoms with E-state index in [4.69, 9.17) is 0 Å². The fraction of sp³-hybridized carbons (Fsp3) is 0.667. The second-order valence-electron chi connectivity index (χ2n) is 5.49. The van der Waals surface area contributed by atoms with Crippen molar-refractivity contribution in [1.82, 2.24) is 4.98 Å². The Morgan fingerprint density at radius 3 is 2.39 bits per heavy atom. The van der Waals surface area contributed by atoms with E-state index in [9.17, 15) is 13.2 Å². The minimum atomic E-state index is -3.32. The Bertz CT molecular complexity index is 538. The molecule has 0 aromatic carbocycles. The van der Waals surface area contributed by atoms with Crippen LogP contribution in [0.4, 0.5) is 0 Å². The van der Waals surface area contributed by atoms with Gasteiger partial charge in [0, 0.05) is 17.1 Å². The summed E-state index contributed by atoms with van der Waals surface area (Å²) in [4.78, 5) is 16.2. The molecule has 1 aromatic rings. The number of hydrogen-bond donors (Lipinski definition) is 0. The zero-order valence-electron chi connectivity index (χ0n) is 11.4. The zero-order valence-corrected chi connectivity index (χ0v) is 13.0.